The van der Waals surface area contributed by atoms with Crippen molar-refractivity contribution in [2.45, 2.75) is 25.8 Å². The maximum absolute atomic E-state index is 11.5. The second-order valence-corrected chi connectivity index (χ2v) is 3.94. The number of hydrogen-bond donors (Lipinski definition) is 1. The Labute approximate surface area is 83.0 Å². The van der Waals surface area contributed by atoms with Crippen LogP contribution in [0.5, 0.6) is 0 Å². The van der Waals surface area contributed by atoms with Gasteiger partial charge in [-0.3, -0.25) is 10.1 Å². The van der Waals surface area contributed by atoms with Crippen molar-refractivity contribution in [2.75, 3.05) is 6.54 Å². The summed E-state index contributed by atoms with van der Waals surface area (Å²) in [6.45, 7) is 2.40. The van der Waals surface area contributed by atoms with Gasteiger partial charge in [-0.25, -0.2) is 4.79 Å². The number of rotatable bonds is 1. The first kappa shape index (κ1) is 9.24. The molecule has 1 heterocycles. The van der Waals surface area contributed by atoms with Gasteiger partial charge in [-0.05, 0) is 12.8 Å². The molecule has 0 aromatic rings. The zero-order valence-electron chi connectivity index (χ0n) is 8.19. The van der Waals surface area contributed by atoms with E-state index in [1.165, 1.54) is 0 Å². The zero-order chi connectivity index (χ0) is 10.1. The average molecular weight is 194 g/mol. The number of carbonyl (C=O) groups excluding carboxylic acids is 2. The third kappa shape index (κ3) is 1.52. The third-order valence-electron chi connectivity index (χ3n) is 2.83. The smallest absolute Gasteiger partial charge is 0.320 e. The summed E-state index contributed by atoms with van der Waals surface area (Å²) in [5.74, 6) is -0.245. The fourth-order valence-corrected chi connectivity index (χ4v) is 1.93. The summed E-state index contributed by atoms with van der Waals surface area (Å²) in [6.07, 6.45) is 5.99. The Balaban J connectivity index is 2.04. The molecule has 3 amide bonds. The topological polar surface area (TPSA) is 49.4 Å². The van der Waals surface area contributed by atoms with Crippen molar-refractivity contribution < 1.29 is 9.59 Å². The van der Waals surface area contributed by atoms with Gasteiger partial charge in [-0.2, -0.15) is 0 Å². The fourth-order valence-electron chi connectivity index (χ4n) is 1.93. The van der Waals surface area contributed by atoms with Gasteiger partial charge in [0.2, 0.25) is 5.91 Å². The van der Waals surface area contributed by atoms with Crippen molar-refractivity contribution in [2.24, 2.45) is 5.92 Å². The maximum Gasteiger partial charge on any atom is 0.324 e. The predicted molar refractivity (Wildman–Crippen MR) is 51.6 cm³/mol. The second-order valence-electron chi connectivity index (χ2n) is 3.94. The lowest BCUT2D eigenvalue weighted by Gasteiger charge is -2.34. The average Bonchev–Trinajstić information content (AvgIpc) is 2.64. The Hall–Kier alpha value is -1.32. The molecule has 1 aliphatic heterocycles. The molecule has 1 atom stereocenters. The molecule has 1 N–H and O–H groups in total. The monoisotopic (exact) mass is 194 g/mol. The van der Waals surface area contributed by atoms with Gasteiger partial charge < -0.3 is 4.90 Å². The lowest BCUT2D eigenvalue weighted by molar-refractivity contribution is -0.125. The summed E-state index contributed by atoms with van der Waals surface area (Å²) in [5.41, 5.74) is 0. The van der Waals surface area contributed by atoms with Gasteiger partial charge in [0, 0.05) is 12.6 Å². The molecule has 0 radical (unpaired) electrons. The zero-order valence-corrected chi connectivity index (χ0v) is 8.19. The van der Waals surface area contributed by atoms with Crippen LogP contribution in [0.2, 0.25) is 0 Å². The molecule has 1 aliphatic carbocycles. The third-order valence-corrected chi connectivity index (χ3v) is 2.83. The Bertz CT molecular complexity index is 290. The molecule has 4 heteroatoms. The Morgan fingerprint density at radius 3 is 2.64 bits per heavy atom. The van der Waals surface area contributed by atoms with E-state index in [-0.39, 0.29) is 23.9 Å². The summed E-state index contributed by atoms with van der Waals surface area (Å²) in [5, 5.41) is 2.38. The van der Waals surface area contributed by atoms with Gasteiger partial charge in [-0.15, -0.1) is 0 Å². The SMILES string of the molecule is CC1CN(C2CC=CC2)C(=O)NC1=O. The largest absolute Gasteiger partial charge is 0.324 e. The molecule has 1 fully saturated rings. The first-order valence-electron chi connectivity index (χ1n) is 4.95. The maximum atomic E-state index is 11.5. The molecule has 14 heavy (non-hydrogen) atoms. The minimum Gasteiger partial charge on any atom is -0.320 e. The van der Waals surface area contributed by atoms with Gasteiger partial charge in [0.15, 0.2) is 0 Å². The lowest BCUT2D eigenvalue weighted by atomic mass is 10.1. The van der Waals surface area contributed by atoms with Crippen molar-refractivity contribution in [3.63, 3.8) is 0 Å². The van der Waals surface area contributed by atoms with Crippen LogP contribution in [0, 0.1) is 5.92 Å². The molecule has 76 valence electrons. The number of amides is 3. The molecule has 0 aromatic heterocycles. The van der Waals surface area contributed by atoms with Crippen LogP contribution >= 0.6 is 0 Å². The van der Waals surface area contributed by atoms with Crippen LogP contribution in [0.25, 0.3) is 0 Å². The first-order chi connectivity index (χ1) is 6.68. The van der Waals surface area contributed by atoms with E-state index in [0.717, 1.165) is 12.8 Å². The van der Waals surface area contributed by atoms with Crippen molar-refractivity contribution in [1.29, 1.82) is 0 Å². The quantitative estimate of drug-likeness (QED) is 0.630. The van der Waals surface area contributed by atoms with E-state index in [9.17, 15) is 9.59 Å². The van der Waals surface area contributed by atoms with Crippen LogP contribution in [0.15, 0.2) is 12.2 Å². The van der Waals surface area contributed by atoms with Gasteiger partial charge in [0.25, 0.3) is 0 Å². The van der Waals surface area contributed by atoms with E-state index < -0.39 is 0 Å². The van der Waals surface area contributed by atoms with Gasteiger partial charge >= 0.3 is 6.03 Å². The summed E-state index contributed by atoms with van der Waals surface area (Å²) in [7, 11) is 0. The molecular weight excluding hydrogens is 180 g/mol. The van der Waals surface area contributed by atoms with E-state index in [4.69, 9.17) is 0 Å². The van der Waals surface area contributed by atoms with Crippen molar-refractivity contribution >= 4 is 11.9 Å². The van der Waals surface area contributed by atoms with E-state index in [2.05, 4.69) is 17.5 Å². The highest BCUT2D eigenvalue weighted by atomic mass is 16.2. The molecule has 1 saturated heterocycles. The molecule has 0 bridgehead atoms. The standard InChI is InChI=1S/C10H14N2O2/c1-7-6-12(8-4-2-3-5-8)10(14)11-9(7)13/h2-3,7-8H,4-6H2,1H3,(H,11,13,14). The number of nitrogens with zero attached hydrogens (tertiary/aromatic N) is 1. The van der Waals surface area contributed by atoms with Gasteiger partial charge in [0.05, 0.1) is 5.92 Å². The molecule has 0 aromatic carbocycles. The van der Waals surface area contributed by atoms with E-state index in [1.54, 1.807) is 4.90 Å². The van der Waals surface area contributed by atoms with Crippen LogP contribution in [-0.2, 0) is 4.79 Å². The highest BCUT2D eigenvalue weighted by Gasteiger charge is 2.33. The number of urea groups is 1. The van der Waals surface area contributed by atoms with E-state index in [0.29, 0.717) is 6.54 Å². The second kappa shape index (κ2) is 3.44. The van der Waals surface area contributed by atoms with Crippen molar-refractivity contribution in [3.05, 3.63) is 12.2 Å². The molecule has 2 rings (SSSR count). The number of imide groups is 1. The molecule has 0 saturated carbocycles. The predicted octanol–water partition coefficient (Wildman–Crippen LogP) is 0.893. The van der Waals surface area contributed by atoms with Crippen LogP contribution in [0.4, 0.5) is 4.79 Å². The summed E-state index contributed by atoms with van der Waals surface area (Å²) in [4.78, 5) is 24.5. The molecule has 2 aliphatic rings. The van der Waals surface area contributed by atoms with Crippen LogP contribution in [0.1, 0.15) is 19.8 Å². The summed E-state index contributed by atoms with van der Waals surface area (Å²) < 4.78 is 0. The minimum absolute atomic E-state index is 0.0895. The molecule has 1 unspecified atom stereocenters. The van der Waals surface area contributed by atoms with Crippen molar-refractivity contribution in [3.8, 4) is 0 Å². The Morgan fingerprint density at radius 1 is 1.36 bits per heavy atom. The van der Waals surface area contributed by atoms with E-state index in [1.807, 2.05) is 6.92 Å². The molecule has 4 nitrogen and oxygen atoms in total. The summed E-state index contributed by atoms with van der Waals surface area (Å²) in [6, 6.07) is 0.0207. The number of nitrogens with one attached hydrogen (secondary N) is 1. The Morgan fingerprint density at radius 2 is 2.00 bits per heavy atom. The minimum atomic E-state index is -0.234. The fraction of sp³-hybridized carbons (Fsp3) is 0.600. The molecular formula is C10H14N2O2. The molecule has 0 spiro atoms. The van der Waals surface area contributed by atoms with Gasteiger partial charge in [-0.1, -0.05) is 19.1 Å². The van der Waals surface area contributed by atoms with Gasteiger partial charge in [0.1, 0.15) is 0 Å². The Kier molecular flexibility index (Phi) is 2.27. The first-order valence-corrected chi connectivity index (χ1v) is 4.95. The lowest BCUT2D eigenvalue weighted by Crippen LogP contribution is -2.56. The number of carbonyl (C=O) groups is 2. The van der Waals surface area contributed by atoms with Crippen molar-refractivity contribution in [1.82, 2.24) is 10.2 Å². The summed E-state index contributed by atoms with van der Waals surface area (Å²) >= 11 is 0. The van der Waals surface area contributed by atoms with Crippen LogP contribution in [-0.4, -0.2) is 29.4 Å². The number of hydrogen-bond acceptors (Lipinski definition) is 2. The van der Waals surface area contributed by atoms with E-state index >= 15 is 0 Å². The van der Waals surface area contributed by atoms with Crippen LogP contribution < -0.4 is 5.32 Å². The van der Waals surface area contributed by atoms with Crippen LogP contribution in [0.3, 0.4) is 0 Å². The normalized spacial score (nSPS) is 28.4. The highest BCUT2D eigenvalue weighted by molar-refractivity contribution is 5.97. The highest BCUT2D eigenvalue weighted by Crippen LogP contribution is 2.20.